The normalized spacial score (nSPS) is 27.5. The van der Waals surface area contributed by atoms with Gasteiger partial charge in [-0.3, -0.25) is 4.79 Å². The summed E-state index contributed by atoms with van der Waals surface area (Å²) in [4.78, 5) is 14.4. The molecule has 2 atom stereocenters. The molecule has 10 heteroatoms. The van der Waals surface area contributed by atoms with Gasteiger partial charge in [0.15, 0.2) is 0 Å². The first-order valence-corrected chi connectivity index (χ1v) is 5.99. The maximum Gasteiger partial charge on any atom is 0.452 e. The molecule has 19 heavy (non-hydrogen) atoms. The number of aromatic nitrogens is 2. The molecule has 6 nitrogen and oxygen atoms in total. The lowest BCUT2D eigenvalue weighted by molar-refractivity contribution is -0.148. The highest BCUT2D eigenvalue weighted by atomic mass is 32.1. The van der Waals surface area contributed by atoms with Gasteiger partial charge in [0.1, 0.15) is 5.41 Å². The Kier molecular flexibility index (Phi) is 3.39. The fraction of sp³-hybridized carbons (Fsp3) is 0.667. The van der Waals surface area contributed by atoms with Gasteiger partial charge in [-0.1, -0.05) is 0 Å². The minimum Gasteiger partial charge on any atom is -0.481 e. The van der Waals surface area contributed by atoms with Crippen molar-refractivity contribution in [2.45, 2.75) is 19.1 Å². The zero-order chi connectivity index (χ0) is 14.3. The first-order valence-electron chi connectivity index (χ1n) is 5.22. The summed E-state index contributed by atoms with van der Waals surface area (Å²) >= 11 is 0.535. The van der Waals surface area contributed by atoms with E-state index in [1.165, 1.54) is 6.92 Å². The van der Waals surface area contributed by atoms with Crippen LogP contribution in [-0.2, 0) is 15.7 Å². The number of rotatable bonds is 3. The maximum absolute atomic E-state index is 12.3. The summed E-state index contributed by atoms with van der Waals surface area (Å²) in [6.45, 7) is 1.54. The van der Waals surface area contributed by atoms with Gasteiger partial charge in [0, 0.05) is 11.5 Å². The Morgan fingerprint density at radius 3 is 2.84 bits per heavy atom. The molecule has 0 radical (unpaired) electrons. The lowest BCUT2D eigenvalue weighted by Crippen LogP contribution is -2.43. The fourth-order valence-corrected chi connectivity index (χ4v) is 2.27. The molecule has 2 unspecified atom stereocenters. The van der Waals surface area contributed by atoms with Crippen molar-refractivity contribution in [3.63, 3.8) is 0 Å². The second kappa shape index (κ2) is 4.60. The van der Waals surface area contributed by atoms with E-state index in [0.717, 1.165) is 0 Å². The second-order valence-corrected chi connectivity index (χ2v) is 5.11. The molecular weight excluding hydrogens is 287 g/mol. The number of hydrogen-bond donors (Lipinski definition) is 2. The van der Waals surface area contributed by atoms with Crippen LogP contribution in [0.15, 0.2) is 0 Å². The van der Waals surface area contributed by atoms with Crippen LogP contribution in [0.4, 0.5) is 18.3 Å². The first-order chi connectivity index (χ1) is 8.73. The number of alkyl halides is 3. The van der Waals surface area contributed by atoms with Gasteiger partial charge in [-0.2, -0.15) is 22.5 Å². The molecule has 1 fully saturated rings. The zero-order valence-corrected chi connectivity index (χ0v) is 10.5. The van der Waals surface area contributed by atoms with Crippen LogP contribution in [0, 0.1) is 5.41 Å². The Morgan fingerprint density at radius 2 is 2.32 bits per heavy atom. The van der Waals surface area contributed by atoms with Crippen molar-refractivity contribution in [2.75, 3.05) is 18.5 Å². The zero-order valence-electron chi connectivity index (χ0n) is 9.69. The van der Waals surface area contributed by atoms with E-state index in [1.807, 2.05) is 0 Å². The number of halogens is 3. The Bertz CT molecular complexity index is 493. The van der Waals surface area contributed by atoms with E-state index in [0.29, 0.717) is 11.5 Å². The van der Waals surface area contributed by atoms with E-state index < -0.39 is 29.4 Å². The van der Waals surface area contributed by atoms with Crippen LogP contribution < -0.4 is 5.32 Å². The minimum atomic E-state index is -4.61. The first kappa shape index (κ1) is 14.0. The van der Waals surface area contributed by atoms with Crippen LogP contribution in [0.3, 0.4) is 0 Å². The third kappa shape index (κ3) is 2.63. The Hall–Kier alpha value is -1.42. The van der Waals surface area contributed by atoms with Crippen LogP contribution in [0.25, 0.3) is 0 Å². The highest BCUT2D eigenvalue weighted by Gasteiger charge is 2.47. The van der Waals surface area contributed by atoms with Gasteiger partial charge < -0.3 is 15.2 Å². The summed E-state index contributed by atoms with van der Waals surface area (Å²) in [7, 11) is 0. The monoisotopic (exact) mass is 297 g/mol. The lowest BCUT2D eigenvalue weighted by atomic mass is 9.85. The van der Waals surface area contributed by atoms with Gasteiger partial charge in [0.25, 0.3) is 0 Å². The van der Waals surface area contributed by atoms with E-state index in [2.05, 4.69) is 14.7 Å². The van der Waals surface area contributed by atoms with E-state index in [4.69, 9.17) is 9.84 Å². The summed E-state index contributed by atoms with van der Waals surface area (Å²) in [6, 6.07) is -0.654. The van der Waals surface area contributed by atoms with E-state index in [9.17, 15) is 18.0 Å². The molecule has 0 spiro atoms. The van der Waals surface area contributed by atoms with Crippen molar-refractivity contribution < 1.29 is 27.8 Å². The number of carboxylic acids is 1. The molecule has 0 aromatic carbocycles. The van der Waals surface area contributed by atoms with Gasteiger partial charge in [0.2, 0.25) is 11.0 Å². The molecule has 1 aromatic heterocycles. The molecule has 1 aromatic rings. The van der Waals surface area contributed by atoms with Crippen LogP contribution in [0.2, 0.25) is 0 Å². The predicted octanol–water partition coefficient (Wildman–Crippen LogP) is 1.46. The van der Waals surface area contributed by atoms with Gasteiger partial charge in [0.05, 0.1) is 19.3 Å². The molecule has 0 bridgehead atoms. The van der Waals surface area contributed by atoms with E-state index in [-0.39, 0.29) is 18.3 Å². The number of ether oxygens (including phenoxy) is 1. The van der Waals surface area contributed by atoms with Gasteiger partial charge in [-0.25, -0.2) is 0 Å². The van der Waals surface area contributed by atoms with Crippen molar-refractivity contribution in [2.24, 2.45) is 5.41 Å². The Balaban J connectivity index is 2.13. The van der Waals surface area contributed by atoms with Crippen LogP contribution in [-0.4, -0.2) is 39.7 Å². The van der Waals surface area contributed by atoms with Crippen LogP contribution in [0.5, 0.6) is 0 Å². The average molecular weight is 297 g/mol. The number of aliphatic carboxylic acids is 1. The smallest absolute Gasteiger partial charge is 0.452 e. The number of carboxylic acid groups (broad SMARTS) is 1. The average Bonchev–Trinajstić information content (AvgIpc) is 2.87. The third-order valence-corrected chi connectivity index (χ3v) is 3.57. The van der Waals surface area contributed by atoms with Crippen molar-refractivity contribution in [3.05, 3.63) is 5.82 Å². The third-order valence-electron chi connectivity index (χ3n) is 2.92. The van der Waals surface area contributed by atoms with Gasteiger partial charge in [-0.05, 0) is 6.92 Å². The number of hydrogen-bond acceptors (Lipinski definition) is 6. The fourth-order valence-electron chi connectivity index (χ4n) is 1.63. The number of anilines is 1. The summed E-state index contributed by atoms with van der Waals surface area (Å²) in [5.74, 6) is -2.32. The molecule has 1 saturated heterocycles. The predicted molar refractivity (Wildman–Crippen MR) is 58.9 cm³/mol. The molecule has 2 N–H and O–H groups in total. The lowest BCUT2D eigenvalue weighted by Gasteiger charge is -2.24. The van der Waals surface area contributed by atoms with Crippen molar-refractivity contribution in [1.29, 1.82) is 0 Å². The summed E-state index contributed by atoms with van der Waals surface area (Å²) in [5.41, 5.74) is -1.20. The largest absolute Gasteiger partial charge is 0.481 e. The Labute approximate surface area is 109 Å². The van der Waals surface area contributed by atoms with Crippen LogP contribution >= 0.6 is 11.5 Å². The van der Waals surface area contributed by atoms with Crippen molar-refractivity contribution in [1.82, 2.24) is 9.36 Å². The quantitative estimate of drug-likeness (QED) is 0.878. The SMILES string of the molecule is CC1(C(=O)O)COCC1Nc1nc(C(F)(F)F)ns1. The number of carbonyl (C=O) groups is 1. The van der Waals surface area contributed by atoms with E-state index in [1.54, 1.807) is 0 Å². The van der Waals surface area contributed by atoms with Crippen molar-refractivity contribution >= 4 is 22.6 Å². The molecular formula is C9H10F3N3O3S. The second-order valence-electron chi connectivity index (χ2n) is 4.36. The molecule has 106 valence electrons. The molecule has 1 aliphatic heterocycles. The summed E-state index contributed by atoms with van der Waals surface area (Å²) in [5, 5.41) is 11.7. The highest BCUT2D eigenvalue weighted by molar-refractivity contribution is 7.09. The molecule has 2 rings (SSSR count). The van der Waals surface area contributed by atoms with Crippen LogP contribution in [0.1, 0.15) is 12.7 Å². The van der Waals surface area contributed by atoms with E-state index >= 15 is 0 Å². The maximum atomic E-state index is 12.3. The molecule has 0 aliphatic carbocycles. The molecule has 0 amide bonds. The van der Waals surface area contributed by atoms with Crippen molar-refractivity contribution in [3.8, 4) is 0 Å². The Morgan fingerprint density at radius 1 is 1.63 bits per heavy atom. The van der Waals surface area contributed by atoms with Gasteiger partial charge >= 0.3 is 12.1 Å². The molecule has 0 saturated carbocycles. The number of nitrogens with one attached hydrogen (secondary N) is 1. The molecule has 2 heterocycles. The molecule has 1 aliphatic rings. The highest BCUT2D eigenvalue weighted by Crippen LogP contribution is 2.33. The minimum absolute atomic E-state index is 0.00900. The topological polar surface area (TPSA) is 84.3 Å². The summed E-state index contributed by atoms with van der Waals surface area (Å²) in [6.07, 6.45) is -4.61. The standard InChI is InChI=1S/C9H10F3N3O3S/c1-8(6(16)17)3-18-2-4(8)13-7-14-5(15-19-7)9(10,11)12/h4H,2-3H2,1H3,(H,16,17)(H,13,14,15). The summed E-state index contributed by atoms with van der Waals surface area (Å²) < 4.78 is 45.2. The number of nitrogens with zero attached hydrogens (tertiary/aromatic N) is 2. The van der Waals surface area contributed by atoms with Gasteiger partial charge in [-0.15, -0.1) is 0 Å².